The molecule has 2 rings (SSSR count). The average molecular weight is 240 g/mol. The van der Waals surface area contributed by atoms with E-state index in [2.05, 4.69) is 0 Å². The van der Waals surface area contributed by atoms with Gasteiger partial charge in [0.05, 0.1) is 18.6 Å². The summed E-state index contributed by atoms with van der Waals surface area (Å²) < 4.78 is 15.5. The Bertz CT molecular complexity index is 375. The van der Waals surface area contributed by atoms with Crippen molar-refractivity contribution >= 4 is 11.9 Å². The highest BCUT2D eigenvalue weighted by Crippen LogP contribution is 2.42. The van der Waals surface area contributed by atoms with Gasteiger partial charge in [-0.1, -0.05) is 13.0 Å². The maximum Gasteiger partial charge on any atom is 0.511 e. The Morgan fingerprint density at radius 2 is 2.24 bits per heavy atom. The molecular formula is C12H16O5. The monoisotopic (exact) mass is 240 g/mol. The van der Waals surface area contributed by atoms with E-state index in [9.17, 15) is 9.59 Å². The van der Waals surface area contributed by atoms with Crippen molar-refractivity contribution in [3.05, 3.63) is 12.2 Å². The Balaban J connectivity index is 2.18. The number of fused-ring (bicyclic) bond motifs is 2. The summed E-state index contributed by atoms with van der Waals surface area (Å²) in [6, 6.07) is 0. The SMILES string of the molecule is CCOC(=O)O[C@@]12C=C[C@H](O1)[C@@H](C)C(=O)[C@@H]2C. The largest absolute Gasteiger partial charge is 0.511 e. The lowest BCUT2D eigenvalue weighted by molar-refractivity contribution is -0.234. The van der Waals surface area contributed by atoms with Crippen molar-refractivity contribution in [2.45, 2.75) is 32.7 Å². The summed E-state index contributed by atoms with van der Waals surface area (Å²) in [6.07, 6.45) is 2.28. The summed E-state index contributed by atoms with van der Waals surface area (Å²) in [5.41, 5.74) is 0. The molecule has 0 saturated carbocycles. The second kappa shape index (κ2) is 4.14. The Hall–Kier alpha value is -1.36. The molecule has 17 heavy (non-hydrogen) atoms. The van der Waals surface area contributed by atoms with Crippen LogP contribution in [0.25, 0.3) is 0 Å². The van der Waals surface area contributed by atoms with Crippen LogP contribution in [0.1, 0.15) is 20.8 Å². The van der Waals surface area contributed by atoms with Gasteiger partial charge in [0.1, 0.15) is 5.78 Å². The van der Waals surface area contributed by atoms with Crippen LogP contribution in [0.3, 0.4) is 0 Å². The lowest BCUT2D eigenvalue weighted by atomic mass is 9.86. The van der Waals surface area contributed by atoms with Crippen molar-refractivity contribution in [2.24, 2.45) is 11.8 Å². The molecule has 0 aliphatic carbocycles. The fraction of sp³-hybridized carbons (Fsp3) is 0.667. The third kappa shape index (κ3) is 1.84. The van der Waals surface area contributed by atoms with E-state index in [0.717, 1.165) is 0 Å². The normalized spacial score (nSPS) is 39.2. The maximum absolute atomic E-state index is 12.0. The first-order valence-corrected chi connectivity index (χ1v) is 5.77. The zero-order valence-corrected chi connectivity index (χ0v) is 10.1. The Kier molecular flexibility index (Phi) is 2.95. The third-order valence-electron chi connectivity index (χ3n) is 3.32. The summed E-state index contributed by atoms with van der Waals surface area (Å²) in [7, 11) is 0. The van der Waals surface area contributed by atoms with E-state index in [1.165, 1.54) is 0 Å². The molecule has 0 aromatic carbocycles. The predicted octanol–water partition coefficient (Wildman–Crippen LogP) is 1.67. The van der Waals surface area contributed by atoms with E-state index in [1.54, 1.807) is 26.0 Å². The van der Waals surface area contributed by atoms with E-state index < -0.39 is 17.9 Å². The molecule has 2 bridgehead atoms. The quantitative estimate of drug-likeness (QED) is 0.542. The maximum atomic E-state index is 12.0. The van der Waals surface area contributed by atoms with Crippen LogP contribution < -0.4 is 0 Å². The zero-order chi connectivity index (χ0) is 12.6. The highest BCUT2D eigenvalue weighted by molar-refractivity contribution is 5.86. The first-order chi connectivity index (χ1) is 8.00. The van der Waals surface area contributed by atoms with Gasteiger partial charge < -0.3 is 14.2 Å². The molecule has 2 aliphatic heterocycles. The molecule has 0 aromatic heterocycles. The lowest BCUT2D eigenvalue weighted by Gasteiger charge is -2.39. The Labute approximate surface area is 99.7 Å². The number of ether oxygens (including phenoxy) is 3. The van der Waals surface area contributed by atoms with Crippen LogP contribution in [-0.4, -0.2) is 30.4 Å². The van der Waals surface area contributed by atoms with Crippen LogP contribution in [-0.2, 0) is 19.0 Å². The van der Waals surface area contributed by atoms with Crippen molar-refractivity contribution < 1.29 is 23.8 Å². The van der Waals surface area contributed by atoms with E-state index in [4.69, 9.17) is 14.2 Å². The van der Waals surface area contributed by atoms with Crippen LogP contribution in [0.15, 0.2) is 12.2 Å². The van der Waals surface area contributed by atoms with E-state index in [-0.39, 0.29) is 24.4 Å². The van der Waals surface area contributed by atoms with Gasteiger partial charge in [0.15, 0.2) is 0 Å². The molecule has 0 unspecified atom stereocenters. The number of rotatable bonds is 2. The lowest BCUT2D eigenvalue weighted by Crippen LogP contribution is -2.52. The molecule has 0 radical (unpaired) electrons. The minimum Gasteiger partial charge on any atom is -0.435 e. The molecule has 2 heterocycles. The summed E-state index contributed by atoms with van der Waals surface area (Å²) >= 11 is 0. The number of carbonyl (C=O) groups is 2. The smallest absolute Gasteiger partial charge is 0.435 e. The molecule has 0 spiro atoms. The van der Waals surface area contributed by atoms with Crippen LogP contribution in [0.4, 0.5) is 4.79 Å². The second-order valence-electron chi connectivity index (χ2n) is 4.36. The van der Waals surface area contributed by atoms with E-state index in [1.807, 2.05) is 6.92 Å². The van der Waals surface area contributed by atoms with Gasteiger partial charge >= 0.3 is 6.16 Å². The van der Waals surface area contributed by atoms with Crippen LogP contribution in [0, 0.1) is 11.8 Å². The molecule has 0 N–H and O–H groups in total. The molecule has 94 valence electrons. The topological polar surface area (TPSA) is 61.8 Å². The van der Waals surface area contributed by atoms with Crippen molar-refractivity contribution in [2.75, 3.05) is 6.61 Å². The predicted molar refractivity (Wildman–Crippen MR) is 58.2 cm³/mol. The van der Waals surface area contributed by atoms with E-state index >= 15 is 0 Å². The third-order valence-corrected chi connectivity index (χ3v) is 3.32. The molecule has 0 amide bonds. The zero-order valence-electron chi connectivity index (χ0n) is 10.1. The van der Waals surface area contributed by atoms with Crippen LogP contribution in [0.5, 0.6) is 0 Å². The standard InChI is InChI=1S/C12H16O5/c1-4-15-11(14)17-12-6-5-9(16-12)7(2)10(13)8(12)3/h5-9H,4H2,1-3H3/t7-,8+,9+,12-/m1/s1. The van der Waals surface area contributed by atoms with Gasteiger partial charge in [0.25, 0.3) is 0 Å². The van der Waals surface area contributed by atoms with Gasteiger partial charge in [0, 0.05) is 5.92 Å². The number of carbonyl (C=O) groups excluding carboxylic acids is 2. The summed E-state index contributed by atoms with van der Waals surface area (Å²) in [4.78, 5) is 23.3. The highest BCUT2D eigenvalue weighted by Gasteiger charge is 2.55. The molecule has 1 saturated heterocycles. The van der Waals surface area contributed by atoms with Gasteiger partial charge in [-0.05, 0) is 19.9 Å². The molecular weight excluding hydrogens is 224 g/mol. The molecule has 1 fully saturated rings. The number of ketones is 1. The fourth-order valence-corrected chi connectivity index (χ4v) is 2.21. The molecule has 4 atom stereocenters. The molecule has 5 nitrogen and oxygen atoms in total. The van der Waals surface area contributed by atoms with E-state index in [0.29, 0.717) is 0 Å². The van der Waals surface area contributed by atoms with Crippen molar-refractivity contribution in [1.82, 2.24) is 0 Å². The molecule has 0 aromatic rings. The highest BCUT2D eigenvalue weighted by atomic mass is 16.8. The van der Waals surface area contributed by atoms with Crippen LogP contribution >= 0.6 is 0 Å². The summed E-state index contributed by atoms with van der Waals surface area (Å²) in [6.45, 7) is 5.42. The fourth-order valence-electron chi connectivity index (χ4n) is 2.21. The van der Waals surface area contributed by atoms with Gasteiger partial charge in [-0.15, -0.1) is 0 Å². The summed E-state index contributed by atoms with van der Waals surface area (Å²) in [5.74, 6) is -1.96. The van der Waals surface area contributed by atoms with Gasteiger partial charge in [-0.3, -0.25) is 4.79 Å². The van der Waals surface area contributed by atoms with Gasteiger partial charge in [-0.2, -0.15) is 0 Å². The summed E-state index contributed by atoms with van der Waals surface area (Å²) in [5, 5.41) is 0. The minimum atomic E-state index is -1.28. The molecule has 5 heteroatoms. The average Bonchev–Trinajstić information content (AvgIpc) is 2.68. The Morgan fingerprint density at radius 1 is 1.53 bits per heavy atom. The number of hydrogen-bond donors (Lipinski definition) is 0. The van der Waals surface area contributed by atoms with Gasteiger partial charge in [-0.25, -0.2) is 4.79 Å². The first kappa shape index (κ1) is 12.1. The van der Waals surface area contributed by atoms with Crippen molar-refractivity contribution in [1.29, 1.82) is 0 Å². The van der Waals surface area contributed by atoms with Crippen molar-refractivity contribution in [3.63, 3.8) is 0 Å². The minimum absolute atomic E-state index is 0.0375. The molecule has 2 aliphatic rings. The first-order valence-electron chi connectivity index (χ1n) is 5.77. The Morgan fingerprint density at radius 3 is 2.88 bits per heavy atom. The number of hydrogen-bond acceptors (Lipinski definition) is 5. The van der Waals surface area contributed by atoms with Crippen LogP contribution in [0.2, 0.25) is 0 Å². The number of Topliss-reactive ketones (excluding diaryl/α,β-unsaturated/α-hetero) is 1. The van der Waals surface area contributed by atoms with Gasteiger partial charge in [0.2, 0.25) is 5.79 Å². The van der Waals surface area contributed by atoms with Crippen molar-refractivity contribution in [3.8, 4) is 0 Å². The second-order valence-corrected chi connectivity index (χ2v) is 4.36.